The number of H-pyrrole nitrogens is 1. The number of anilines is 1. The summed E-state index contributed by atoms with van der Waals surface area (Å²) in [5, 5.41) is 17.7. The highest BCUT2D eigenvalue weighted by atomic mass is 32.1. The Morgan fingerprint density at radius 3 is 3.05 bits per heavy atom. The molecule has 1 saturated heterocycles. The summed E-state index contributed by atoms with van der Waals surface area (Å²) >= 11 is 1.07. The molecule has 0 aromatic carbocycles. The number of nitrogens with two attached hydrogens (primary N) is 1. The fourth-order valence-electron chi connectivity index (χ4n) is 2.03. The minimum absolute atomic E-state index is 0.0937. The topological polar surface area (TPSA) is 114 Å². The van der Waals surface area contributed by atoms with Gasteiger partial charge in [-0.15, -0.1) is 5.10 Å². The number of nitrogens with zero attached hydrogens (tertiary/aromatic N) is 4. The fraction of sp³-hybridized carbons (Fsp3) is 0.400. The molecule has 1 unspecified atom stereocenters. The predicted octanol–water partition coefficient (Wildman–Crippen LogP) is 0.979. The summed E-state index contributed by atoms with van der Waals surface area (Å²) in [6.45, 7) is 1.57. The Balaban J connectivity index is 1.82. The lowest BCUT2D eigenvalue weighted by Gasteiger charge is -2.11. The quantitative estimate of drug-likeness (QED) is 0.640. The first-order valence-corrected chi connectivity index (χ1v) is 6.62. The maximum atomic E-state index is 10.6. The van der Waals surface area contributed by atoms with E-state index in [1.807, 2.05) is 4.90 Å². The molecule has 3 rings (SSSR count). The highest BCUT2D eigenvalue weighted by Crippen LogP contribution is 2.31. The van der Waals surface area contributed by atoms with Crippen molar-refractivity contribution in [3.63, 3.8) is 0 Å². The molecule has 1 atom stereocenters. The first-order valence-electron chi connectivity index (χ1n) is 5.81. The number of hydrogen-bond donors (Lipinski definition) is 2. The van der Waals surface area contributed by atoms with Gasteiger partial charge in [-0.05, 0) is 12.5 Å². The maximum Gasteiger partial charge on any atom is 0.324 e. The van der Waals surface area contributed by atoms with Gasteiger partial charge in [-0.25, -0.2) is 0 Å². The van der Waals surface area contributed by atoms with Gasteiger partial charge in [0.25, 0.3) is 0 Å². The van der Waals surface area contributed by atoms with Crippen LogP contribution in [0, 0.1) is 10.1 Å². The minimum Gasteiger partial charge on any atom is -0.338 e. The molecule has 9 heteroatoms. The molecule has 1 aliphatic rings. The Labute approximate surface area is 112 Å². The molecule has 3 heterocycles. The average molecular weight is 280 g/mol. The molecule has 0 aliphatic carbocycles. The van der Waals surface area contributed by atoms with E-state index in [4.69, 9.17) is 5.73 Å². The van der Waals surface area contributed by atoms with Crippen LogP contribution in [0.2, 0.25) is 0 Å². The van der Waals surface area contributed by atoms with E-state index in [2.05, 4.69) is 15.2 Å². The van der Waals surface area contributed by atoms with Crippen molar-refractivity contribution in [1.29, 1.82) is 0 Å². The van der Waals surface area contributed by atoms with Gasteiger partial charge in [0.15, 0.2) is 5.82 Å². The summed E-state index contributed by atoms with van der Waals surface area (Å²) < 4.78 is 0. The van der Waals surface area contributed by atoms with Crippen LogP contribution in [0.4, 0.5) is 10.9 Å². The zero-order chi connectivity index (χ0) is 13.4. The zero-order valence-electron chi connectivity index (χ0n) is 9.94. The summed E-state index contributed by atoms with van der Waals surface area (Å²) in [5.41, 5.74) is 5.84. The van der Waals surface area contributed by atoms with E-state index in [-0.39, 0.29) is 11.0 Å². The molecular weight excluding hydrogens is 268 g/mol. The lowest BCUT2D eigenvalue weighted by atomic mass is 10.3. The molecule has 0 bridgehead atoms. The Morgan fingerprint density at radius 1 is 1.58 bits per heavy atom. The molecule has 0 saturated carbocycles. The molecule has 2 aromatic heterocycles. The molecule has 19 heavy (non-hydrogen) atoms. The first kappa shape index (κ1) is 12.1. The van der Waals surface area contributed by atoms with Crippen molar-refractivity contribution in [2.24, 2.45) is 5.73 Å². The van der Waals surface area contributed by atoms with Gasteiger partial charge >= 0.3 is 5.00 Å². The number of aromatic nitrogens is 3. The second kappa shape index (κ2) is 4.59. The molecule has 2 aromatic rings. The smallest absolute Gasteiger partial charge is 0.324 e. The molecule has 0 spiro atoms. The first-order chi connectivity index (χ1) is 9.13. The van der Waals surface area contributed by atoms with Crippen LogP contribution in [-0.2, 0) is 0 Å². The summed E-state index contributed by atoms with van der Waals surface area (Å²) in [6.07, 6.45) is 0.925. The third-order valence-electron chi connectivity index (χ3n) is 2.99. The van der Waals surface area contributed by atoms with Crippen molar-refractivity contribution in [2.75, 3.05) is 18.0 Å². The lowest BCUT2D eigenvalue weighted by Crippen LogP contribution is -2.26. The van der Waals surface area contributed by atoms with Crippen LogP contribution in [0.25, 0.3) is 10.7 Å². The molecule has 3 N–H and O–H groups in total. The van der Waals surface area contributed by atoms with Gasteiger partial charge in [-0.3, -0.25) is 15.2 Å². The summed E-state index contributed by atoms with van der Waals surface area (Å²) in [5.74, 6) is 1.15. The van der Waals surface area contributed by atoms with Crippen LogP contribution in [0.3, 0.4) is 0 Å². The van der Waals surface area contributed by atoms with Gasteiger partial charge < -0.3 is 10.6 Å². The Morgan fingerprint density at radius 2 is 2.42 bits per heavy atom. The lowest BCUT2D eigenvalue weighted by molar-refractivity contribution is -0.380. The van der Waals surface area contributed by atoms with Crippen molar-refractivity contribution in [3.05, 3.63) is 22.2 Å². The van der Waals surface area contributed by atoms with E-state index in [1.165, 1.54) is 6.07 Å². The van der Waals surface area contributed by atoms with E-state index >= 15 is 0 Å². The second-order valence-corrected chi connectivity index (χ2v) is 5.44. The SMILES string of the molecule is NC1CCN(c2n[nH]c(-c3ccc([N+](=O)[O-])s3)n2)C1. The monoisotopic (exact) mass is 280 g/mol. The van der Waals surface area contributed by atoms with Gasteiger partial charge in [0, 0.05) is 25.2 Å². The molecule has 0 amide bonds. The zero-order valence-corrected chi connectivity index (χ0v) is 10.8. The molecular formula is C10H12N6O2S. The van der Waals surface area contributed by atoms with E-state index in [0.29, 0.717) is 16.6 Å². The number of aromatic amines is 1. The minimum atomic E-state index is -0.412. The number of rotatable bonds is 3. The fourth-order valence-corrected chi connectivity index (χ4v) is 2.79. The molecule has 1 fully saturated rings. The number of nitrogens with one attached hydrogen (secondary N) is 1. The molecule has 8 nitrogen and oxygen atoms in total. The van der Waals surface area contributed by atoms with Crippen molar-refractivity contribution in [2.45, 2.75) is 12.5 Å². The summed E-state index contributed by atoms with van der Waals surface area (Å²) in [7, 11) is 0. The van der Waals surface area contributed by atoms with Gasteiger partial charge in [0.2, 0.25) is 5.95 Å². The Hall–Kier alpha value is -2.00. The summed E-state index contributed by atoms with van der Waals surface area (Å²) in [6, 6.07) is 3.29. The van der Waals surface area contributed by atoms with E-state index in [0.717, 1.165) is 30.8 Å². The van der Waals surface area contributed by atoms with Crippen molar-refractivity contribution in [1.82, 2.24) is 15.2 Å². The van der Waals surface area contributed by atoms with Crippen molar-refractivity contribution in [3.8, 4) is 10.7 Å². The van der Waals surface area contributed by atoms with Gasteiger partial charge in [-0.1, -0.05) is 11.3 Å². The van der Waals surface area contributed by atoms with Crippen molar-refractivity contribution >= 4 is 22.3 Å². The summed E-state index contributed by atoms with van der Waals surface area (Å²) in [4.78, 5) is 17.3. The highest BCUT2D eigenvalue weighted by molar-refractivity contribution is 7.18. The highest BCUT2D eigenvalue weighted by Gasteiger charge is 2.23. The largest absolute Gasteiger partial charge is 0.338 e. The third kappa shape index (κ3) is 2.29. The van der Waals surface area contributed by atoms with Crippen LogP contribution in [0.15, 0.2) is 12.1 Å². The van der Waals surface area contributed by atoms with E-state index < -0.39 is 4.92 Å². The molecule has 1 aliphatic heterocycles. The standard InChI is InChI=1S/C10H12N6O2S/c11-6-3-4-15(5-6)10-12-9(13-14-10)7-1-2-8(19-7)16(17)18/h1-2,6H,3-5,11H2,(H,12,13,14). The number of hydrogen-bond acceptors (Lipinski definition) is 7. The normalized spacial score (nSPS) is 19.0. The van der Waals surface area contributed by atoms with Crippen LogP contribution < -0.4 is 10.6 Å². The second-order valence-electron chi connectivity index (χ2n) is 4.37. The van der Waals surface area contributed by atoms with E-state index in [1.54, 1.807) is 6.07 Å². The van der Waals surface area contributed by atoms with Gasteiger partial charge in [0.1, 0.15) is 0 Å². The number of nitro groups is 1. The van der Waals surface area contributed by atoms with Crippen LogP contribution in [0.5, 0.6) is 0 Å². The van der Waals surface area contributed by atoms with Crippen LogP contribution in [-0.4, -0.2) is 39.2 Å². The Kier molecular flexibility index (Phi) is 2.91. The predicted molar refractivity (Wildman–Crippen MR) is 71.2 cm³/mol. The van der Waals surface area contributed by atoms with Crippen LogP contribution in [0.1, 0.15) is 6.42 Å². The van der Waals surface area contributed by atoms with E-state index in [9.17, 15) is 10.1 Å². The maximum absolute atomic E-state index is 10.6. The van der Waals surface area contributed by atoms with Gasteiger partial charge in [0.05, 0.1) is 9.80 Å². The van der Waals surface area contributed by atoms with Crippen LogP contribution >= 0.6 is 11.3 Å². The average Bonchev–Trinajstić information content (AvgIpc) is 3.07. The van der Waals surface area contributed by atoms with Crippen molar-refractivity contribution < 1.29 is 4.92 Å². The molecule has 0 radical (unpaired) electrons. The molecule has 100 valence electrons. The van der Waals surface area contributed by atoms with Gasteiger partial charge in [-0.2, -0.15) is 4.98 Å². The third-order valence-corrected chi connectivity index (χ3v) is 4.03. The Bertz CT molecular complexity index is 609. The number of thiophene rings is 1.